The quantitative estimate of drug-likeness (QED) is 0.758. The summed E-state index contributed by atoms with van der Waals surface area (Å²) in [6.45, 7) is 3.54. The van der Waals surface area contributed by atoms with Crippen LogP contribution < -0.4 is 0 Å². The summed E-state index contributed by atoms with van der Waals surface area (Å²) in [6.07, 6.45) is 0. The molecular weight excluding hydrogens is 216 g/mol. The highest BCUT2D eigenvalue weighted by atomic mass is 79.9. The third-order valence-electron chi connectivity index (χ3n) is 1.98. The van der Waals surface area contributed by atoms with Crippen LogP contribution in [-0.2, 0) is 4.79 Å². The minimum Gasteiger partial charge on any atom is -0.299 e. The van der Waals surface area contributed by atoms with E-state index in [9.17, 15) is 4.79 Å². The highest BCUT2D eigenvalue weighted by Gasteiger charge is 2.09. The predicted octanol–water partition coefficient (Wildman–Crippen LogP) is 3.14. The van der Waals surface area contributed by atoms with Crippen LogP contribution in [0.25, 0.3) is 0 Å². The summed E-state index contributed by atoms with van der Waals surface area (Å²) in [4.78, 5) is 11.0. The highest BCUT2D eigenvalue weighted by molar-refractivity contribution is 9.10. The first-order valence-electron chi connectivity index (χ1n) is 3.87. The first kappa shape index (κ1) is 9.46. The molecule has 1 aromatic carbocycles. The minimum absolute atomic E-state index is 0.0121. The van der Waals surface area contributed by atoms with Gasteiger partial charge in [-0.25, -0.2) is 0 Å². The van der Waals surface area contributed by atoms with Crippen molar-refractivity contribution in [3.8, 4) is 0 Å². The molecule has 1 nitrogen and oxygen atoms in total. The van der Waals surface area contributed by atoms with Gasteiger partial charge in [-0.1, -0.05) is 35.0 Å². The summed E-state index contributed by atoms with van der Waals surface area (Å²) in [5, 5.41) is 0. The summed E-state index contributed by atoms with van der Waals surface area (Å²) in [5.41, 5.74) is 1.07. The van der Waals surface area contributed by atoms with Gasteiger partial charge >= 0.3 is 0 Å². The van der Waals surface area contributed by atoms with Crippen LogP contribution in [0.5, 0.6) is 0 Å². The molecule has 2 heteroatoms. The third kappa shape index (κ3) is 2.18. The molecule has 0 radical (unpaired) electrons. The van der Waals surface area contributed by atoms with Gasteiger partial charge in [0, 0.05) is 10.4 Å². The topological polar surface area (TPSA) is 17.1 Å². The Labute approximate surface area is 80.9 Å². The van der Waals surface area contributed by atoms with Crippen molar-refractivity contribution in [1.29, 1.82) is 0 Å². The van der Waals surface area contributed by atoms with Crippen LogP contribution in [0.1, 0.15) is 25.3 Å². The number of Topliss-reactive ketones (excluding diaryl/α,β-unsaturated/α-hetero) is 1. The lowest BCUT2D eigenvalue weighted by atomic mass is 9.98. The Morgan fingerprint density at radius 3 is 2.25 bits per heavy atom. The van der Waals surface area contributed by atoms with Crippen molar-refractivity contribution >= 4 is 21.7 Å². The maximum Gasteiger partial charge on any atom is 0.136 e. The van der Waals surface area contributed by atoms with Crippen LogP contribution >= 0.6 is 15.9 Å². The van der Waals surface area contributed by atoms with Gasteiger partial charge in [-0.2, -0.15) is 0 Å². The molecule has 0 aromatic heterocycles. The molecule has 0 spiro atoms. The number of ketones is 1. The summed E-state index contributed by atoms with van der Waals surface area (Å²) in [7, 11) is 0. The molecule has 0 saturated carbocycles. The molecule has 0 aliphatic carbocycles. The van der Waals surface area contributed by atoms with Crippen LogP contribution in [0.3, 0.4) is 0 Å². The lowest BCUT2D eigenvalue weighted by Gasteiger charge is -2.06. The molecule has 0 saturated heterocycles. The Kier molecular flexibility index (Phi) is 3.04. The van der Waals surface area contributed by atoms with E-state index >= 15 is 0 Å². The Balaban J connectivity index is 2.89. The number of benzene rings is 1. The van der Waals surface area contributed by atoms with Crippen molar-refractivity contribution in [2.24, 2.45) is 0 Å². The second-order valence-electron chi connectivity index (χ2n) is 2.88. The van der Waals surface area contributed by atoms with Gasteiger partial charge in [0.25, 0.3) is 0 Å². The van der Waals surface area contributed by atoms with Crippen LogP contribution in [0.15, 0.2) is 28.7 Å². The van der Waals surface area contributed by atoms with Crippen LogP contribution in [0.4, 0.5) is 0 Å². The fourth-order valence-electron chi connectivity index (χ4n) is 0.986. The van der Waals surface area contributed by atoms with Crippen molar-refractivity contribution in [3.05, 3.63) is 34.3 Å². The van der Waals surface area contributed by atoms with Crippen molar-refractivity contribution < 1.29 is 4.79 Å². The molecule has 0 heterocycles. The average molecular weight is 227 g/mol. The Morgan fingerprint density at radius 1 is 1.33 bits per heavy atom. The molecule has 0 fully saturated rings. The lowest BCUT2D eigenvalue weighted by Crippen LogP contribution is -2.03. The van der Waals surface area contributed by atoms with Crippen LogP contribution in [0, 0.1) is 0 Å². The van der Waals surface area contributed by atoms with E-state index in [2.05, 4.69) is 15.9 Å². The summed E-state index contributed by atoms with van der Waals surface area (Å²) in [5.74, 6) is 0.218. The molecule has 0 aliphatic heterocycles. The van der Waals surface area contributed by atoms with Crippen LogP contribution in [-0.4, -0.2) is 5.78 Å². The molecule has 12 heavy (non-hydrogen) atoms. The molecule has 1 unspecified atom stereocenters. The molecule has 0 amide bonds. The molecule has 0 N–H and O–H groups in total. The van der Waals surface area contributed by atoms with E-state index in [1.165, 1.54) is 0 Å². The maximum atomic E-state index is 11.0. The fraction of sp³-hybridized carbons (Fsp3) is 0.300. The monoisotopic (exact) mass is 226 g/mol. The van der Waals surface area contributed by atoms with E-state index in [-0.39, 0.29) is 11.7 Å². The third-order valence-corrected chi connectivity index (χ3v) is 2.51. The molecule has 1 rings (SSSR count). The molecule has 1 aromatic rings. The van der Waals surface area contributed by atoms with E-state index in [0.717, 1.165) is 10.0 Å². The minimum atomic E-state index is 0.0121. The van der Waals surface area contributed by atoms with Crippen molar-refractivity contribution in [1.82, 2.24) is 0 Å². The number of hydrogen-bond donors (Lipinski definition) is 0. The molecule has 0 aliphatic rings. The Bertz CT molecular complexity index is 276. The van der Waals surface area contributed by atoms with Gasteiger partial charge in [-0.15, -0.1) is 0 Å². The zero-order chi connectivity index (χ0) is 9.14. The number of carbonyl (C=O) groups is 1. The normalized spacial score (nSPS) is 12.6. The number of hydrogen-bond acceptors (Lipinski definition) is 1. The number of carbonyl (C=O) groups excluding carboxylic acids is 1. The zero-order valence-electron chi connectivity index (χ0n) is 7.17. The van der Waals surface area contributed by atoms with Gasteiger partial charge < -0.3 is 0 Å². The highest BCUT2D eigenvalue weighted by Crippen LogP contribution is 2.18. The summed E-state index contributed by atoms with van der Waals surface area (Å²) >= 11 is 3.35. The van der Waals surface area contributed by atoms with Crippen molar-refractivity contribution in [2.45, 2.75) is 19.8 Å². The molecule has 0 bridgehead atoms. The smallest absolute Gasteiger partial charge is 0.136 e. The second-order valence-corrected chi connectivity index (χ2v) is 3.80. The SMILES string of the molecule is CC(=O)C(C)c1ccc(Br)cc1. The molecule has 64 valence electrons. The second kappa shape index (κ2) is 3.85. The van der Waals surface area contributed by atoms with E-state index < -0.39 is 0 Å². The van der Waals surface area contributed by atoms with Gasteiger partial charge in [-0.05, 0) is 24.6 Å². The Hall–Kier alpha value is -0.630. The first-order chi connectivity index (χ1) is 5.61. The largest absolute Gasteiger partial charge is 0.299 e. The van der Waals surface area contributed by atoms with Crippen LogP contribution in [0.2, 0.25) is 0 Å². The molecule has 1 atom stereocenters. The van der Waals surface area contributed by atoms with Gasteiger partial charge in [0.1, 0.15) is 5.78 Å². The van der Waals surface area contributed by atoms with Crippen molar-refractivity contribution in [2.75, 3.05) is 0 Å². The van der Waals surface area contributed by atoms with E-state index in [0.29, 0.717) is 0 Å². The summed E-state index contributed by atoms with van der Waals surface area (Å²) < 4.78 is 1.04. The van der Waals surface area contributed by atoms with E-state index in [4.69, 9.17) is 0 Å². The van der Waals surface area contributed by atoms with E-state index in [1.807, 2.05) is 31.2 Å². The number of halogens is 1. The number of rotatable bonds is 2. The lowest BCUT2D eigenvalue weighted by molar-refractivity contribution is -0.118. The zero-order valence-corrected chi connectivity index (χ0v) is 8.76. The van der Waals surface area contributed by atoms with Gasteiger partial charge in [0.2, 0.25) is 0 Å². The summed E-state index contributed by atoms with van der Waals surface area (Å²) in [6, 6.07) is 7.84. The Morgan fingerprint density at radius 2 is 1.83 bits per heavy atom. The average Bonchev–Trinajstić information content (AvgIpc) is 2.04. The van der Waals surface area contributed by atoms with Gasteiger partial charge in [0.15, 0.2) is 0 Å². The van der Waals surface area contributed by atoms with Gasteiger partial charge in [-0.3, -0.25) is 4.79 Å². The standard InChI is InChI=1S/C10H11BrO/c1-7(8(2)12)9-3-5-10(11)6-4-9/h3-7H,1-2H3. The fourth-order valence-corrected chi connectivity index (χ4v) is 1.25. The maximum absolute atomic E-state index is 11.0. The molecular formula is C10H11BrO. The first-order valence-corrected chi connectivity index (χ1v) is 4.66. The van der Waals surface area contributed by atoms with Gasteiger partial charge in [0.05, 0.1) is 0 Å². The van der Waals surface area contributed by atoms with E-state index in [1.54, 1.807) is 6.92 Å². The predicted molar refractivity (Wildman–Crippen MR) is 53.2 cm³/mol. The van der Waals surface area contributed by atoms with Crippen molar-refractivity contribution in [3.63, 3.8) is 0 Å².